The van der Waals surface area contributed by atoms with E-state index < -0.39 is 0 Å². The molecule has 0 amide bonds. The van der Waals surface area contributed by atoms with Gasteiger partial charge in [0.05, 0.1) is 0 Å². The van der Waals surface area contributed by atoms with E-state index in [1.54, 1.807) is 11.3 Å². The van der Waals surface area contributed by atoms with E-state index in [0.717, 1.165) is 11.3 Å². The lowest BCUT2D eigenvalue weighted by molar-refractivity contribution is 1.64. The second-order valence-electron chi connectivity index (χ2n) is 3.03. The van der Waals surface area contributed by atoms with E-state index in [-0.39, 0.29) is 0 Å². The summed E-state index contributed by atoms with van der Waals surface area (Å²) in [4.78, 5) is 1.25. The van der Waals surface area contributed by atoms with Crippen LogP contribution in [0.25, 0.3) is 16.5 Å². The van der Waals surface area contributed by atoms with Crippen molar-refractivity contribution in [2.75, 3.05) is 5.73 Å². The minimum absolute atomic E-state index is 0.778. The van der Waals surface area contributed by atoms with Crippen molar-refractivity contribution < 1.29 is 0 Å². The molecule has 0 unspecified atom stereocenters. The summed E-state index contributed by atoms with van der Waals surface area (Å²) in [7, 11) is 0. The predicted molar refractivity (Wildman–Crippen MR) is 64.3 cm³/mol. The Kier molecular flexibility index (Phi) is 2.37. The molecule has 1 nitrogen and oxygen atoms in total. The number of nitrogens with two attached hydrogens (primary N) is 1. The van der Waals surface area contributed by atoms with Crippen LogP contribution in [0, 0.1) is 0 Å². The summed E-state index contributed by atoms with van der Waals surface area (Å²) in [6, 6.07) is 10.1. The van der Waals surface area contributed by atoms with Gasteiger partial charge >= 0.3 is 0 Å². The largest absolute Gasteiger partial charge is 0.399 e. The van der Waals surface area contributed by atoms with E-state index in [2.05, 4.69) is 18.0 Å². The maximum Gasteiger partial charge on any atom is 0.0348 e. The van der Waals surface area contributed by atoms with Crippen LogP contribution in [-0.2, 0) is 0 Å². The monoisotopic (exact) mass is 201 g/mol. The maximum atomic E-state index is 5.71. The van der Waals surface area contributed by atoms with Gasteiger partial charge in [-0.3, -0.25) is 0 Å². The number of hydrogen-bond donors (Lipinski definition) is 1. The molecule has 2 aromatic rings. The molecular weight excluding hydrogens is 190 g/mol. The first-order valence-electron chi connectivity index (χ1n) is 4.37. The molecule has 0 atom stereocenters. The molecule has 0 radical (unpaired) electrons. The molecule has 0 aliphatic rings. The Bertz CT molecular complexity index is 443. The van der Waals surface area contributed by atoms with Gasteiger partial charge in [0.1, 0.15) is 0 Å². The Hall–Kier alpha value is -1.54. The van der Waals surface area contributed by atoms with E-state index in [1.165, 1.54) is 10.4 Å². The van der Waals surface area contributed by atoms with Crippen molar-refractivity contribution >= 4 is 23.1 Å². The number of thiophene rings is 1. The van der Waals surface area contributed by atoms with Crippen molar-refractivity contribution in [3.05, 3.63) is 47.9 Å². The van der Waals surface area contributed by atoms with Crippen LogP contribution in [0.1, 0.15) is 5.56 Å². The molecule has 70 valence electrons. The van der Waals surface area contributed by atoms with Gasteiger partial charge in [-0.15, -0.1) is 11.3 Å². The number of benzene rings is 1. The van der Waals surface area contributed by atoms with E-state index in [4.69, 9.17) is 5.73 Å². The Morgan fingerprint density at radius 1 is 1.29 bits per heavy atom. The van der Waals surface area contributed by atoms with Gasteiger partial charge in [0, 0.05) is 10.6 Å². The average Bonchev–Trinajstić information content (AvgIpc) is 2.70. The topological polar surface area (TPSA) is 26.0 Å². The molecule has 0 saturated carbocycles. The van der Waals surface area contributed by atoms with Crippen molar-refractivity contribution in [2.24, 2.45) is 0 Å². The molecular formula is C12H11NS. The van der Waals surface area contributed by atoms with Gasteiger partial charge in [-0.05, 0) is 34.7 Å². The Morgan fingerprint density at radius 2 is 2.14 bits per heavy atom. The summed E-state index contributed by atoms with van der Waals surface area (Å²) >= 11 is 1.72. The average molecular weight is 201 g/mol. The van der Waals surface area contributed by atoms with E-state index in [1.807, 2.05) is 30.3 Å². The van der Waals surface area contributed by atoms with Crippen LogP contribution >= 0.6 is 11.3 Å². The SMILES string of the molecule is C=Cc1cc(N)ccc1-c1cccs1. The molecule has 1 heterocycles. The smallest absolute Gasteiger partial charge is 0.0348 e. The molecule has 0 aliphatic carbocycles. The second kappa shape index (κ2) is 3.68. The first-order chi connectivity index (χ1) is 6.81. The molecule has 2 N–H and O–H groups in total. The lowest BCUT2D eigenvalue weighted by Crippen LogP contribution is -1.87. The fourth-order valence-corrected chi connectivity index (χ4v) is 2.18. The van der Waals surface area contributed by atoms with Gasteiger partial charge in [0.25, 0.3) is 0 Å². The molecule has 1 aromatic heterocycles. The zero-order chi connectivity index (χ0) is 9.97. The van der Waals surface area contributed by atoms with Gasteiger partial charge in [-0.1, -0.05) is 24.8 Å². The highest BCUT2D eigenvalue weighted by molar-refractivity contribution is 7.13. The number of anilines is 1. The number of hydrogen-bond acceptors (Lipinski definition) is 2. The molecule has 1 aromatic carbocycles. The Labute approximate surface area is 87.5 Å². The van der Waals surface area contributed by atoms with Crippen LogP contribution in [0.3, 0.4) is 0 Å². The highest BCUT2D eigenvalue weighted by atomic mass is 32.1. The third-order valence-corrected chi connectivity index (χ3v) is 2.99. The van der Waals surface area contributed by atoms with E-state index in [0.29, 0.717) is 0 Å². The van der Waals surface area contributed by atoms with Crippen LogP contribution in [0.2, 0.25) is 0 Å². The fourth-order valence-electron chi connectivity index (χ4n) is 1.41. The quantitative estimate of drug-likeness (QED) is 0.737. The molecule has 0 bridgehead atoms. The Morgan fingerprint density at radius 3 is 2.79 bits per heavy atom. The minimum Gasteiger partial charge on any atom is -0.399 e. The van der Waals surface area contributed by atoms with Crippen LogP contribution in [0.4, 0.5) is 5.69 Å². The molecule has 0 spiro atoms. The zero-order valence-electron chi connectivity index (χ0n) is 7.73. The molecule has 2 heteroatoms. The van der Waals surface area contributed by atoms with Gasteiger partial charge in [-0.2, -0.15) is 0 Å². The van der Waals surface area contributed by atoms with Gasteiger partial charge < -0.3 is 5.73 Å². The minimum atomic E-state index is 0.778. The molecule has 2 rings (SSSR count). The molecule has 0 saturated heterocycles. The standard InChI is InChI=1S/C12H11NS/c1-2-9-8-10(13)5-6-11(9)12-4-3-7-14-12/h2-8H,1,13H2. The molecule has 0 aliphatic heterocycles. The maximum absolute atomic E-state index is 5.71. The highest BCUT2D eigenvalue weighted by Gasteiger charge is 2.03. The number of rotatable bonds is 2. The van der Waals surface area contributed by atoms with Crippen molar-refractivity contribution in [2.45, 2.75) is 0 Å². The van der Waals surface area contributed by atoms with Gasteiger partial charge in [-0.25, -0.2) is 0 Å². The summed E-state index contributed by atoms with van der Waals surface area (Å²) in [5.74, 6) is 0. The first-order valence-corrected chi connectivity index (χ1v) is 5.25. The second-order valence-corrected chi connectivity index (χ2v) is 3.98. The third kappa shape index (κ3) is 1.56. The normalized spacial score (nSPS) is 10.0. The number of nitrogen functional groups attached to an aromatic ring is 1. The highest BCUT2D eigenvalue weighted by Crippen LogP contribution is 2.29. The van der Waals surface area contributed by atoms with Crippen molar-refractivity contribution in [1.82, 2.24) is 0 Å². The Balaban J connectivity index is 2.58. The van der Waals surface area contributed by atoms with Crippen molar-refractivity contribution in [3.63, 3.8) is 0 Å². The third-order valence-electron chi connectivity index (χ3n) is 2.08. The summed E-state index contributed by atoms with van der Waals surface area (Å²) < 4.78 is 0. The summed E-state index contributed by atoms with van der Waals surface area (Å²) in [6.45, 7) is 3.79. The first kappa shape index (κ1) is 9.03. The van der Waals surface area contributed by atoms with Crippen LogP contribution in [-0.4, -0.2) is 0 Å². The van der Waals surface area contributed by atoms with Crippen LogP contribution in [0.15, 0.2) is 42.3 Å². The summed E-state index contributed by atoms with van der Waals surface area (Å²) in [5, 5.41) is 2.07. The zero-order valence-corrected chi connectivity index (χ0v) is 8.55. The van der Waals surface area contributed by atoms with Crippen LogP contribution < -0.4 is 5.73 Å². The van der Waals surface area contributed by atoms with E-state index >= 15 is 0 Å². The lowest BCUT2D eigenvalue weighted by Gasteiger charge is -2.04. The van der Waals surface area contributed by atoms with E-state index in [9.17, 15) is 0 Å². The molecule has 14 heavy (non-hydrogen) atoms. The predicted octanol–water partition coefficient (Wildman–Crippen LogP) is 3.64. The lowest BCUT2D eigenvalue weighted by atomic mass is 10.1. The van der Waals surface area contributed by atoms with Crippen molar-refractivity contribution in [1.29, 1.82) is 0 Å². The van der Waals surface area contributed by atoms with Gasteiger partial charge in [0.15, 0.2) is 0 Å². The van der Waals surface area contributed by atoms with Gasteiger partial charge in [0.2, 0.25) is 0 Å². The summed E-state index contributed by atoms with van der Waals surface area (Å²) in [6.07, 6.45) is 1.84. The van der Waals surface area contributed by atoms with Crippen LogP contribution in [0.5, 0.6) is 0 Å². The summed E-state index contributed by atoms with van der Waals surface area (Å²) in [5.41, 5.74) is 8.78. The van der Waals surface area contributed by atoms with Crippen molar-refractivity contribution in [3.8, 4) is 10.4 Å². The fraction of sp³-hybridized carbons (Fsp3) is 0. The molecule has 0 fully saturated rings.